The molecule has 2 aromatic rings. The standard InChI is InChI=1S/C16H17F2N3O3/c1-8-5-4-6-11(15(23)24)14(8)19-13(22)7-12-9(2)20-21(10(12)3)16(17)18/h4-6,16H,7H2,1-3H3,(H,19,22)(H,23,24). The number of nitrogens with zero attached hydrogens (tertiary/aromatic N) is 2. The van der Waals surface area contributed by atoms with Crippen molar-refractivity contribution < 1.29 is 23.5 Å². The van der Waals surface area contributed by atoms with Gasteiger partial charge in [-0.1, -0.05) is 12.1 Å². The first kappa shape index (κ1) is 17.6. The molecule has 128 valence electrons. The molecule has 0 unspecified atom stereocenters. The first-order valence-electron chi connectivity index (χ1n) is 7.17. The van der Waals surface area contributed by atoms with Gasteiger partial charge in [-0.3, -0.25) is 4.79 Å². The maximum Gasteiger partial charge on any atom is 0.337 e. The van der Waals surface area contributed by atoms with Gasteiger partial charge in [0.2, 0.25) is 5.91 Å². The van der Waals surface area contributed by atoms with Crippen molar-refractivity contribution in [3.05, 3.63) is 46.3 Å². The molecule has 0 spiro atoms. The predicted octanol–water partition coefficient (Wildman–Crippen LogP) is 3.08. The van der Waals surface area contributed by atoms with E-state index in [2.05, 4.69) is 10.4 Å². The molecule has 8 heteroatoms. The van der Waals surface area contributed by atoms with E-state index < -0.39 is 18.4 Å². The topological polar surface area (TPSA) is 84.2 Å². The minimum absolute atomic E-state index is 0.0277. The molecule has 1 heterocycles. The number of carboxylic acids is 1. The molecular formula is C16H17F2N3O3. The van der Waals surface area contributed by atoms with Crippen LogP contribution in [0.5, 0.6) is 0 Å². The van der Waals surface area contributed by atoms with Crippen LogP contribution in [-0.2, 0) is 11.2 Å². The molecule has 0 atom stereocenters. The van der Waals surface area contributed by atoms with Gasteiger partial charge in [0.05, 0.1) is 23.4 Å². The number of aromatic carboxylic acids is 1. The molecule has 1 aromatic heterocycles. The molecule has 0 aliphatic rings. The summed E-state index contributed by atoms with van der Waals surface area (Å²) in [5.41, 5.74) is 1.72. The largest absolute Gasteiger partial charge is 0.478 e. The summed E-state index contributed by atoms with van der Waals surface area (Å²) in [6, 6.07) is 4.64. The lowest BCUT2D eigenvalue weighted by Crippen LogP contribution is -2.18. The average Bonchev–Trinajstić information content (AvgIpc) is 2.77. The maximum atomic E-state index is 12.8. The number of hydrogen-bond donors (Lipinski definition) is 2. The smallest absolute Gasteiger partial charge is 0.337 e. The highest BCUT2D eigenvalue weighted by molar-refractivity contribution is 6.02. The van der Waals surface area contributed by atoms with Crippen molar-refractivity contribution in [2.45, 2.75) is 33.7 Å². The highest BCUT2D eigenvalue weighted by Crippen LogP contribution is 2.23. The van der Waals surface area contributed by atoms with Gasteiger partial charge in [0.15, 0.2) is 0 Å². The van der Waals surface area contributed by atoms with Crippen LogP contribution in [-0.4, -0.2) is 26.8 Å². The number of carboxylic acid groups (broad SMARTS) is 1. The van der Waals surface area contributed by atoms with E-state index in [-0.39, 0.29) is 23.4 Å². The van der Waals surface area contributed by atoms with Crippen molar-refractivity contribution in [2.24, 2.45) is 0 Å². The third-order valence-electron chi connectivity index (χ3n) is 3.76. The normalized spacial score (nSPS) is 10.9. The number of aryl methyl sites for hydroxylation is 2. The highest BCUT2D eigenvalue weighted by Gasteiger charge is 2.20. The van der Waals surface area contributed by atoms with E-state index in [0.29, 0.717) is 21.5 Å². The summed E-state index contributed by atoms with van der Waals surface area (Å²) in [5.74, 6) is -1.65. The fourth-order valence-corrected chi connectivity index (χ4v) is 2.50. The Bertz CT molecular complexity index is 800. The van der Waals surface area contributed by atoms with Gasteiger partial charge in [-0.05, 0) is 32.4 Å². The van der Waals surface area contributed by atoms with Crippen molar-refractivity contribution in [2.75, 3.05) is 5.32 Å². The van der Waals surface area contributed by atoms with Crippen molar-refractivity contribution in [3.8, 4) is 0 Å². The number of benzene rings is 1. The molecule has 1 amide bonds. The minimum Gasteiger partial charge on any atom is -0.478 e. The Morgan fingerprint density at radius 2 is 1.96 bits per heavy atom. The first-order valence-corrected chi connectivity index (χ1v) is 7.17. The SMILES string of the molecule is Cc1cccc(C(=O)O)c1NC(=O)Cc1c(C)nn(C(F)F)c1C. The van der Waals surface area contributed by atoms with E-state index in [4.69, 9.17) is 0 Å². The van der Waals surface area contributed by atoms with Crippen LogP contribution in [0.4, 0.5) is 14.5 Å². The zero-order valence-electron chi connectivity index (χ0n) is 13.4. The number of aromatic nitrogens is 2. The average molecular weight is 337 g/mol. The molecule has 0 radical (unpaired) electrons. The van der Waals surface area contributed by atoms with Crippen LogP contribution in [0.3, 0.4) is 0 Å². The summed E-state index contributed by atoms with van der Waals surface area (Å²) in [5, 5.41) is 15.5. The van der Waals surface area contributed by atoms with Gasteiger partial charge in [-0.15, -0.1) is 0 Å². The fraction of sp³-hybridized carbons (Fsp3) is 0.312. The number of para-hydroxylation sites is 1. The van der Waals surface area contributed by atoms with Gasteiger partial charge in [0, 0.05) is 11.3 Å². The lowest BCUT2D eigenvalue weighted by molar-refractivity contribution is -0.115. The van der Waals surface area contributed by atoms with Gasteiger partial charge >= 0.3 is 12.5 Å². The lowest BCUT2D eigenvalue weighted by atomic mass is 10.1. The zero-order valence-corrected chi connectivity index (χ0v) is 13.4. The lowest BCUT2D eigenvalue weighted by Gasteiger charge is -2.11. The second-order valence-electron chi connectivity index (χ2n) is 5.40. The Balaban J connectivity index is 2.26. The Labute approximate surface area is 137 Å². The molecule has 6 nitrogen and oxygen atoms in total. The molecule has 0 aliphatic heterocycles. The van der Waals surface area contributed by atoms with E-state index in [1.807, 2.05) is 0 Å². The van der Waals surface area contributed by atoms with Gasteiger partial charge in [-0.25, -0.2) is 9.48 Å². The number of carbonyl (C=O) groups excluding carboxylic acids is 1. The van der Waals surface area contributed by atoms with E-state index in [0.717, 1.165) is 0 Å². The van der Waals surface area contributed by atoms with Crippen molar-refractivity contribution in [1.29, 1.82) is 0 Å². The summed E-state index contributed by atoms with van der Waals surface area (Å²) < 4.78 is 26.2. The van der Waals surface area contributed by atoms with Gasteiger partial charge < -0.3 is 10.4 Å². The van der Waals surface area contributed by atoms with Crippen molar-refractivity contribution in [3.63, 3.8) is 0 Å². The van der Waals surface area contributed by atoms with Crippen LogP contribution < -0.4 is 5.32 Å². The summed E-state index contributed by atoms with van der Waals surface area (Å²) in [7, 11) is 0. The van der Waals surface area contributed by atoms with E-state index >= 15 is 0 Å². The Kier molecular flexibility index (Phi) is 4.96. The van der Waals surface area contributed by atoms with E-state index in [9.17, 15) is 23.5 Å². The second kappa shape index (κ2) is 6.77. The molecular weight excluding hydrogens is 320 g/mol. The van der Waals surface area contributed by atoms with Crippen molar-refractivity contribution in [1.82, 2.24) is 9.78 Å². The van der Waals surface area contributed by atoms with E-state index in [1.54, 1.807) is 26.0 Å². The Hall–Kier alpha value is -2.77. The van der Waals surface area contributed by atoms with Crippen LogP contribution >= 0.6 is 0 Å². The predicted molar refractivity (Wildman–Crippen MR) is 83.4 cm³/mol. The van der Waals surface area contributed by atoms with Gasteiger partial charge in [0.25, 0.3) is 0 Å². The molecule has 0 bridgehead atoms. The molecule has 0 aliphatic carbocycles. The fourth-order valence-electron chi connectivity index (χ4n) is 2.50. The third kappa shape index (κ3) is 3.42. The number of carbonyl (C=O) groups is 2. The summed E-state index contributed by atoms with van der Waals surface area (Å²) in [6.45, 7) is 1.90. The van der Waals surface area contributed by atoms with E-state index in [1.165, 1.54) is 13.0 Å². The summed E-state index contributed by atoms with van der Waals surface area (Å²) in [6.07, 6.45) is -0.169. The van der Waals surface area contributed by atoms with Gasteiger partial charge in [0.1, 0.15) is 0 Å². The number of alkyl halides is 2. The number of amides is 1. The number of rotatable bonds is 5. The second-order valence-corrected chi connectivity index (χ2v) is 5.40. The van der Waals surface area contributed by atoms with Crippen LogP contribution in [0.1, 0.15) is 39.4 Å². The quantitative estimate of drug-likeness (QED) is 0.878. The Morgan fingerprint density at radius 3 is 2.50 bits per heavy atom. The van der Waals surface area contributed by atoms with Crippen LogP contribution in [0.15, 0.2) is 18.2 Å². The molecule has 2 N–H and O–H groups in total. The third-order valence-corrected chi connectivity index (χ3v) is 3.76. The highest BCUT2D eigenvalue weighted by atomic mass is 19.3. The minimum atomic E-state index is -2.78. The van der Waals surface area contributed by atoms with Crippen LogP contribution in [0.2, 0.25) is 0 Å². The maximum absolute atomic E-state index is 12.8. The van der Waals surface area contributed by atoms with Crippen LogP contribution in [0, 0.1) is 20.8 Å². The monoisotopic (exact) mass is 337 g/mol. The molecule has 2 rings (SSSR count). The molecule has 0 fully saturated rings. The first-order chi connectivity index (χ1) is 11.2. The molecule has 0 saturated heterocycles. The van der Waals surface area contributed by atoms with Crippen LogP contribution in [0.25, 0.3) is 0 Å². The number of hydrogen-bond acceptors (Lipinski definition) is 3. The summed E-state index contributed by atoms with van der Waals surface area (Å²) >= 11 is 0. The van der Waals surface area contributed by atoms with Crippen molar-refractivity contribution >= 4 is 17.6 Å². The number of anilines is 1. The molecule has 24 heavy (non-hydrogen) atoms. The molecule has 0 saturated carbocycles. The number of halogens is 2. The molecule has 1 aromatic carbocycles. The number of nitrogens with one attached hydrogen (secondary N) is 1. The summed E-state index contributed by atoms with van der Waals surface area (Å²) in [4.78, 5) is 23.5. The zero-order chi connectivity index (χ0) is 18.0. The van der Waals surface area contributed by atoms with Gasteiger partial charge in [-0.2, -0.15) is 13.9 Å². The Morgan fingerprint density at radius 1 is 1.29 bits per heavy atom.